The summed E-state index contributed by atoms with van der Waals surface area (Å²) in [6.45, 7) is 0. The third-order valence-corrected chi connectivity index (χ3v) is 16.9. The Kier molecular flexibility index (Phi) is 12.0. The molecule has 18 rings (SSSR count). The molecular weight excluding hydrogens is 1070 g/mol. The van der Waals surface area contributed by atoms with Crippen molar-refractivity contribution in [2.24, 2.45) is 20.0 Å². The minimum Gasteiger partial charge on any atom is -0.355 e. The Labute approximate surface area is 507 Å². The molecule has 88 heavy (non-hydrogen) atoms. The first-order chi connectivity index (χ1) is 43.6. The number of allylic oxidation sites excluding steroid dienone is 4. The number of nitrogens with zero attached hydrogens (tertiary/aromatic N) is 6. The number of hydrogen-bond acceptors (Lipinski definition) is 6. The van der Waals surface area contributed by atoms with Crippen molar-refractivity contribution < 1.29 is 0 Å². The Morgan fingerprint density at radius 1 is 0.261 bits per heavy atom. The third-order valence-electron chi connectivity index (χ3n) is 16.9. The van der Waals surface area contributed by atoms with Gasteiger partial charge in [0.15, 0.2) is 0 Å². The molecule has 8 heteroatoms. The monoisotopic (exact) mass is 1120 g/mol. The van der Waals surface area contributed by atoms with Crippen LogP contribution in [-0.4, -0.2) is 42.8 Å². The van der Waals surface area contributed by atoms with Crippen LogP contribution in [0.5, 0.6) is 0 Å². The zero-order chi connectivity index (χ0) is 58.1. The van der Waals surface area contributed by atoms with Crippen LogP contribution in [0.2, 0.25) is 0 Å². The Morgan fingerprint density at radius 2 is 0.614 bits per heavy atom. The van der Waals surface area contributed by atoms with E-state index in [4.69, 9.17) is 29.9 Å². The maximum Gasteiger partial charge on any atom is 0.0815 e. The molecule has 16 bridgehead atoms. The first-order valence-electron chi connectivity index (χ1n) is 29.6. The zero-order valence-corrected chi connectivity index (χ0v) is 47.4. The van der Waals surface area contributed by atoms with Crippen molar-refractivity contribution in [3.05, 3.63) is 346 Å². The molecule has 3 aromatic heterocycles. The molecule has 0 atom stereocenters. The highest BCUT2D eigenvalue weighted by Gasteiger charge is 2.30. The number of benzene rings is 8. The summed E-state index contributed by atoms with van der Waals surface area (Å²) in [6, 6.07) is 86.6. The van der Waals surface area contributed by atoms with Crippen molar-refractivity contribution in [3.8, 4) is 33.4 Å². The van der Waals surface area contributed by atoms with Gasteiger partial charge in [-0.2, -0.15) is 0 Å². The minimum atomic E-state index is 0.884. The highest BCUT2D eigenvalue weighted by atomic mass is 14.9. The van der Waals surface area contributed by atoms with E-state index >= 15 is 0 Å². The smallest absolute Gasteiger partial charge is 0.0815 e. The van der Waals surface area contributed by atoms with Crippen molar-refractivity contribution in [2.45, 2.75) is 0 Å². The first kappa shape index (κ1) is 50.5. The standard InChI is InChI=1S/C44H30N4.C36H20N4/c1-5-13-29(14-6-1)38-27-37-26-35-22-21-33(45-35)25-34-23-24-36(46-34)28-39-40(30-15-7-2-8-16-30)41(31-17-9-3-10-18-31)44(48-39)42(43(38)47-37)32-19-11-4-12-20-32;1-2-10-22-21(9-1)29-17-31-23-11-3-4-12-24(23)33(38-31)19-35-27-15-7-8-16-28(27)36(40-35)20-34-26-14-6-5-13-25(26)32(39-34)18-30(22)37-29/h1-28,45,48H;1-20H/b;29-17-,30-18?,31-17?,32-18-,33-19-,34-20?,35-19?,36-20-. The second kappa shape index (κ2) is 21.0. The molecular formula is C80H50N8. The number of nitrogens with one attached hydrogen (secondary N) is 2. The predicted octanol–water partition coefficient (Wildman–Crippen LogP) is 18.5. The number of aromatic nitrogens is 4. The summed E-state index contributed by atoms with van der Waals surface area (Å²) in [6.07, 6.45) is 14.8. The van der Waals surface area contributed by atoms with E-state index < -0.39 is 0 Å². The number of rotatable bonds is 4. The lowest BCUT2D eigenvalue weighted by atomic mass is 9.91. The van der Waals surface area contributed by atoms with Crippen molar-refractivity contribution in [2.75, 3.05) is 0 Å². The quantitative estimate of drug-likeness (QED) is 0.183. The minimum absolute atomic E-state index is 0.884. The van der Waals surface area contributed by atoms with Crippen molar-refractivity contribution in [1.29, 1.82) is 0 Å². The normalized spacial score (nSPS) is 16.8. The molecule has 0 saturated heterocycles. The third kappa shape index (κ3) is 8.94. The predicted molar refractivity (Wildman–Crippen MR) is 363 cm³/mol. The molecule has 0 radical (unpaired) electrons. The van der Waals surface area contributed by atoms with Crippen LogP contribution in [0.1, 0.15) is 72.8 Å². The van der Waals surface area contributed by atoms with E-state index in [1.54, 1.807) is 0 Å². The molecule has 7 aliphatic heterocycles. The van der Waals surface area contributed by atoms with Crippen LogP contribution in [0.4, 0.5) is 0 Å². The van der Waals surface area contributed by atoms with E-state index in [2.05, 4.69) is 301 Å². The van der Waals surface area contributed by atoms with Crippen molar-refractivity contribution in [1.82, 2.24) is 19.9 Å². The summed E-state index contributed by atoms with van der Waals surface area (Å²) in [5.74, 6) is 0. The molecule has 0 unspecified atom stereocenters. The summed E-state index contributed by atoms with van der Waals surface area (Å²) in [5.41, 5.74) is 32.4. The number of fused-ring (bicyclic) bond motifs is 24. The maximum atomic E-state index is 5.42. The fraction of sp³-hybridized carbons (Fsp3) is 0. The van der Waals surface area contributed by atoms with Gasteiger partial charge in [0.25, 0.3) is 0 Å². The van der Waals surface area contributed by atoms with E-state index in [1.807, 2.05) is 0 Å². The molecule has 8 nitrogen and oxygen atoms in total. The van der Waals surface area contributed by atoms with E-state index in [0.29, 0.717) is 0 Å². The van der Waals surface area contributed by atoms with Crippen LogP contribution in [0.25, 0.3) is 102 Å². The molecule has 0 aliphatic carbocycles. The lowest BCUT2D eigenvalue weighted by Crippen LogP contribution is -1.96. The van der Waals surface area contributed by atoms with Gasteiger partial charge in [-0.3, -0.25) is 0 Å². The molecule has 11 aromatic rings. The van der Waals surface area contributed by atoms with Gasteiger partial charge >= 0.3 is 0 Å². The SMILES string of the molecule is C1=C2\N=C(/C=C3\N=C(/C=C4\N=C(/C=C5\N=C/1c1ccccc15)c1ccccc14)c1ccccc13)c1ccccc12.C1=Cc2cc3[nH]c(c(-c4ccccc4)c4nc(cc5ccc(cc1n2)[nH]5)C=C4c1ccccc1)c(-c1ccccc1)c3-c1ccccc1. The second-order valence-corrected chi connectivity index (χ2v) is 22.3. The van der Waals surface area contributed by atoms with Gasteiger partial charge in [-0.05, 0) is 95.1 Å². The van der Waals surface area contributed by atoms with Crippen LogP contribution in [-0.2, 0) is 0 Å². The summed E-state index contributed by atoms with van der Waals surface area (Å²) in [7, 11) is 0. The van der Waals surface area contributed by atoms with E-state index in [0.717, 1.165) is 180 Å². The number of aromatic amines is 2. The Balaban J connectivity index is 0.000000139. The van der Waals surface area contributed by atoms with Crippen LogP contribution in [0.15, 0.2) is 293 Å². The van der Waals surface area contributed by atoms with Crippen LogP contribution >= 0.6 is 0 Å². The van der Waals surface area contributed by atoms with Gasteiger partial charge in [0, 0.05) is 83.3 Å². The maximum absolute atomic E-state index is 5.42. The highest BCUT2D eigenvalue weighted by Crippen LogP contribution is 2.46. The van der Waals surface area contributed by atoms with Gasteiger partial charge in [0.2, 0.25) is 0 Å². The number of H-pyrrole nitrogens is 2. The molecule has 0 fully saturated rings. The van der Waals surface area contributed by atoms with Crippen molar-refractivity contribution >= 4 is 91.5 Å². The van der Waals surface area contributed by atoms with Gasteiger partial charge in [0.1, 0.15) is 0 Å². The molecule has 2 N–H and O–H groups in total. The molecule has 7 aliphatic rings. The van der Waals surface area contributed by atoms with Crippen LogP contribution < -0.4 is 0 Å². The second-order valence-electron chi connectivity index (χ2n) is 22.3. The highest BCUT2D eigenvalue weighted by molar-refractivity contribution is 6.29. The number of hydrogen-bond donors (Lipinski definition) is 2. The average molecular weight is 1120 g/mol. The number of aliphatic imine (C=N–C) groups is 4. The van der Waals surface area contributed by atoms with Crippen LogP contribution in [0.3, 0.4) is 0 Å². The van der Waals surface area contributed by atoms with Crippen molar-refractivity contribution in [3.63, 3.8) is 0 Å². The largest absolute Gasteiger partial charge is 0.355 e. The molecule has 8 aromatic carbocycles. The summed E-state index contributed by atoms with van der Waals surface area (Å²) in [5, 5.41) is 0. The van der Waals surface area contributed by atoms with E-state index in [1.165, 1.54) is 0 Å². The molecule has 0 saturated carbocycles. The topological polar surface area (TPSA) is 107 Å². The lowest BCUT2D eigenvalue weighted by Gasteiger charge is -2.12. The van der Waals surface area contributed by atoms with E-state index in [-0.39, 0.29) is 0 Å². The Hall–Kier alpha value is -12.0. The summed E-state index contributed by atoms with van der Waals surface area (Å²) < 4.78 is 0. The zero-order valence-electron chi connectivity index (χ0n) is 47.4. The van der Waals surface area contributed by atoms with Gasteiger partial charge in [-0.25, -0.2) is 29.9 Å². The molecule has 0 spiro atoms. The van der Waals surface area contributed by atoms with Gasteiger partial charge in [0.05, 0.1) is 73.9 Å². The van der Waals surface area contributed by atoms with Crippen LogP contribution in [0, 0.1) is 0 Å². The lowest BCUT2D eigenvalue weighted by molar-refractivity contribution is 1.30. The van der Waals surface area contributed by atoms with E-state index in [9.17, 15) is 0 Å². The average Bonchev–Trinajstić information content (AvgIpc) is 2.29. The van der Waals surface area contributed by atoms with Gasteiger partial charge < -0.3 is 9.97 Å². The molecule has 0 amide bonds. The van der Waals surface area contributed by atoms with Gasteiger partial charge in [-0.1, -0.05) is 218 Å². The Morgan fingerprint density at radius 3 is 1.05 bits per heavy atom. The summed E-state index contributed by atoms with van der Waals surface area (Å²) in [4.78, 5) is 38.5. The van der Waals surface area contributed by atoms with Gasteiger partial charge in [-0.15, -0.1) is 0 Å². The fourth-order valence-corrected chi connectivity index (χ4v) is 12.9. The molecule has 10 heterocycles. The first-order valence-corrected chi connectivity index (χ1v) is 29.6. The summed E-state index contributed by atoms with van der Waals surface area (Å²) >= 11 is 0. The Bertz CT molecular complexity index is 4960. The molecule has 410 valence electrons. The fourth-order valence-electron chi connectivity index (χ4n) is 12.9.